The number of hydrogen-bond acceptors (Lipinski definition) is 5. The number of fused-ring (bicyclic) bond motifs is 1. The molecule has 134 valence electrons. The molecule has 26 heavy (non-hydrogen) atoms. The van der Waals surface area contributed by atoms with Gasteiger partial charge in [-0.15, -0.1) is 0 Å². The van der Waals surface area contributed by atoms with Gasteiger partial charge in [-0.05, 0) is 18.9 Å². The van der Waals surface area contributed by atoms with Crippen LogP contribution in [0, 0.1) is 0 Å². The molecule has 3 aromatic rings. The molecule has 0 aliphatic heterocycles. The van der Waals surface area contributed by atoms with Crippen LogP contribution >= 0.6 is 0 Å². The molecule has 0 spiro atoms. The molecule has 1 aliphatic carbocycles. The van der Waals surface area contributed by atoms with Gasteiger partial charge in [0.25, 0.3) is 11.5 Å². The van der Waals surface area contributed by atoms with Crippen LogP contribution < -0.4 is 10.9 Å². The van der Waals surface area contributed by atoms with Crippen molar-refractivity contribution in [3.05, 3.63) is 46.4 Å². The van der Waals surface area contributed by atoms with E-state index in [1.54, 1.807) is 0 Å². The van der Waals surface area contributed by atoms with E-state index in [2.05, 4.69) is 30.5 Å². The average Bonchev–Trinajstić information content (AvgIpc) is 2.94. The van der Waals surface area contributed by atoms with Crippen LogP contribution in [0.25, 0.3) is 10.9 Å². The Kier molecular flexibility index (Phi) is 4.47. The number of aromatic nitrogens is 5. The maximum atomic E-state index is 12.4. The standard InChI is InChI=1S/C18H20N6O2/c25-17-12-7-14(19-9-15(12)20-10-21-17)18(26)22-16-8-13(23-24-16)11-5-3-1-2-4-6-11/h7-11H,1-6H2,(H,20,21,25)(H2,22,23,24,26). The van der Waals surface area contributed by atoms with Crippen LogP contribution in [0.15, 0.2) is 29.5 Å². The highest BCUT2D eigenvalue weighted by Gasteiger charge is 2.18. The van der Waals surface area contributed by atoms with Gasteiger partial charge in [-0.3, -0.25) is 14.7 Å². The highest BCUT2D eigenvalue weighted by Crippen LogP contribution is 2.31. The van der Waals surface area contributed by atoms with Gasteiger partial charge in [0.05, 0.1) is 23.4 Å². The van der Waals surface area contributed by atoms with Gasteiger partial charge >= 0.3 is 0 Å². The van der Waals surface area contributed by atoms with E-state index in [-0.39, 0.29) is 11.3 Å². The predicted molar refractivity (Wildman–Crippen MR) is 97.1 cm³/mol. The van der Waals surface area contributed by atoms with Crippen LogP contribution in [-0.2, 0) is 0 Å². The molecule has 1 fully saturated rings. The molecule has 1 saturated carbocycles. The van der Waals surface area contributed by atoms with Gasteiger partial charge in [0.1, 0.15) is 5.69 Å². The lowest BCUT2D eigenvalue weighted by molar-refractivity contribution is 0.102. The second-order valence-corrected chi connectivity index (χ2v) is 6.67. The third-order valence-corrected chi connectivity index (χ3v) is 4.89. The van der Waals surface area contributed by atoms with E-state index in [1.165, 1.54) is 44.3 Å². The molecule has 0 bridgehead atoms. The Morgan fingerprint density at radius 3 is 2.73 bits per heavy atom. The fourth-order valence-electron chi connectivity index (χ4n) is 3.48. The number of carbonyl (C=O) groups is 1. The molecule has 3 N–H and O–H groups in total. The van der Waals surface area contributed by atoms with E-state index in [0.717, 1.165) is 18.5 Å². The molecule has 0 saturated heterocycles. The molecule has 0 unspecified atom stereocenters. The fourth-order valence-corrected chi connectivity index (χ4v) is 3.48. The van der Waals surface area contributed by atoms with Crippen molar-refractivity contribution >= 4 is 22.6 Å². The Morgan fingerprint density at radius 1 is 1.12 bits per heavy atom. The van der Waals surface area contributed by atoms with Crippen LogP contribution in [0.1, 0.15) is 60.6 Å². The Morgan fingerprint density at radius 2 is 1.92 bits per heavy atom. The summed E-state index contributed by atoms with van der Waals surface area (Å²) in [6.07, 6.45) is 10.1. The highest BCUT2D eigenvalue weighted by atomic mass is 16.2. The number of hydrogen-bond donors (Lipinski definition) is 3. The highest BCUT2D eigenvalue weighted by molar-refractivity contribution is 6.03. The van der Waals surface area contributed by atoms with Gasteiger partial charge in [-0.2, -0.15) is 5.10 Å². The molecule has 3 heterocycles. The van der Waals surface area contributed by atoms with Crippen molar-refractivity contribution in [1.29, 1.82) is 0 Å². The Balaban J connectivity index is 1.51. The van der Waals surface area contributed by atoms with Gasteiger partial charge in [0, 0.05) is 17.7 Å². The van der Waals surface area contributed by atoms with Crippen molar-refractivity contribution in [1.82, 2.24) is 25.1 Å². The van der Waals surface area contributed by atoms with Crippen molar-refractivity contribution in [2.75, 3.05) is 5.32 Å². The molecule has 4 rings (SSSR count). The van der Waals surface area contributed by atoms with Crippen molar-refractivity contribution in [3.63, 3.8) is 0 Å². The van der Waals surface area contributed by atoms with Gasteiger partial charge in [-0.25, -0.2) is 9.97 Å². The predicted octanol–water partition coefficient (Wildman–Crippen LogP) is 2.73. The maximum Gasteiger partial charge on any atom is 0.275 e. The van der Waals surface area contributed by atoms with Gasteiger partial charge in [-0.1, -0.05) is 25.7 Å². The zero-order chi connectivity index (χ0) is 17.9. The molecule has 8 nitrogen and oxygen atoms in total. The molecule has 0 atom stereocenters. The lowest BCUT2D eigenvalue weighted by atomic mass is 9.97. The normalized spacial score (nSPS) is 15.7. The minimum Gasteiger partial charge on any atom is -0.313 e. The lowest BCUT2D eigenvalue weighted by Crippen LogP contribution is -2.15. The van der Waals surface area contributed by atoms with Gasteiger partial charge in [0.2, 0.25) is 0 Å². The van der Waals surface area contributed by atoms with Crippen LogP contribution in [0.5, 0.6) is 0 Å². The summed E-state index contributed by atoms with van der Waals surface area (Å²) in [6.45, 7) is 0. The van der Waals surface area contributed by atoms with E-state index in [9.17, 15) is 9.59 Å². The van der Waals surface area contributed by atoms with E-state index in [1.807, 2.05) is 6.07 Å². The number of anilines is 1. The zero-order valence-electron chi connectivity index (χ0n) is 14.3. The second-order valence-electron chi connectivity index (χ2n) is 6.67. The minimum absolute atomic E-state index is 0.148. The molecule has 0 aromatic carbocycles. The number of aromatic amines is 2. The first-order valence-electron chi connectivity index (χ1n) is 8.91. The first-order valence-corrected chi connectivity index (χ1v) is 8.91. The van der Waals surface area contributed by atoms with E-state index in [0.29, 0.717) is 22.6 Å². The van der Waals surface area contributed by atoms with Crippen LogP contribution in [0.4, 0.5) is 5.82 Å². The van der Waals surface area contributed by atoms with Crippen molar-refractivity contribution < 1.29 is 4.79 Å². The third kappa shape index (κ3) is 3.35. The Labute approximate surface area is 149 Å². The van der Waals surface area contributed by atoms with Crippen molar-refractivity contribution in [3.8, 4) is 0 Å². The number of amides is 1. The number of carbonyl (C=O) groups excluding carboxylic acids is 1. The Bertz CT molecular complexity index is 985. The fraction of sp³-hybridized carbons (Fsp3) is 0.389. The van der Waals surface area contributed by atoms with E-state index >= 15 is 0 Å². The largest absolute Gasteiger partial charge is 0.313 e. The summed E-state index contributed by atoms with van der Waals surface area (Å²) in [7, 11) is 0. The second kappa shape index (κ2) is 7.07. The molecule has 1 aliphatic rings. The number of rotatable bonds is 3. The summed E-state index contributed by atoms with van der Waals surface area (Å²) in [5.74, 6) is 0.532. The molecular formula is C18H20N6O2. The maximum absolute atomic E-state index is 12.4. The third-order valence-electron chi connectivity index (χ3n) is 4.89. The average molecular weight is 352 g/mol. The van der Waals surface area contributed by atoms with E-state index in [4.69, 9.17) is 0 Å². The zero-order valence-corrected chi connectivity index (χ0v) is 14.3. The quantitative estimate of drug-likeness (QED) is 0.627. The van der Waals surface area contributed by atoms with Crippen LogP contribution in [0.3, 0.4) is 0 Å². The summed E-state index contributed by atoms with van der Waals surface area (Å²) in [6, 6.07) is 3.33. The summed E-state index contributed by atoms with van der Waals surface area (Å²) < 4.78 is 0. The van der Waals surface area contributed by atoms with Crippen LogP contribution in [-0.4, -0.2) is 31.1 Å². The summed E-state index contributed by atoms with van der Waals surface area (Å²) >= 11 is 0. The first kappa shape index (κ1) is 16.4. The molecule has 1 amide bonds. The van der Waals surface area contributed by atoms with Crippen LogP contribution in [0.2, 0.25) is 0 Å². The number of H-pyrrole nitrogens is 2. The van der Waals surface area contributed by atoms with Gasteiger partial charge < -0.3 is 10.3 Å². The summed E-state index contributed by atoms with van der Waals surface area (Å²) in [4.78, 5) is 34.9. The molecule has 0 radical (unpaired) electrons. The molecule has 8 heteroatoms. The summed E-state index contributed by atoms with van der Waals surface area (Å²) in [5, 5.41) is 10.3. The smallest absolute Gasteiger partial charge is 0.275 e. The molecular weight excluding hydrogens is 332 g/mol. The first-order chi connectivity index (χ1) is 12.7. The summed E-state index contributed by atoms with van der Waals surface area (Å²) in [5.41, 5.74) is 1.35. The number of nitrogens with one attached hydrogen (secondary N) is 3. The minimum atomic E-state index is -0.408. The van der Waals surface area contributed by atoms with Crippen molar-refractivity contribution in [2.24, 2.45) is 0 Å². The SMILES string of the molecule is O=C(Nc1cc(C2CCCCCC2)[nH]n1)c1cc2c(=O)[nH]cnc2cn1. The van der Waals surface area contributed by atoms with Gasteiger partial charge in [0.15, 0.2) is 5.82 Å². The lowest BCUT2D eigenvalue weighted by Gasteiger charge is -2.10. The Hall–Kier alpha value is -3.03. The number of pyridine rings is 1. The molecule has 3 aromatic heterocycles. The monoisotopic (exact) mass is 352 g/mol. The van der Waals surface area contributed by atoms with Crippen molar-refractivity contribution in [2.45, 2.75) is 44.4 Å². The topological polar surface area (TPSA) is 116 Å². The van der Waals surface area contributed by atoms with E-state index < -0.39 is 5.91 Å². The number of nitrogens with zero attached hydrogens (tertiary/aromatic N) is 3.